The van der Waals surface area contributed by atoms with Crippen LogP contribution in [0.1, 0.15) is 74.0 Å². The standard InChI is InChI=1S/C26H37N5O4/c1-6-14-31-24(33)22-21(23(32)28-15-19-8-10-20(11-9-19)35-7-2)29-17-30(22)16-26(31,5)25(34)27-13-12-18(3)4/h8-11,17-18H,6-7,12-16H2,1-5H3,(H,27,34)(H,28,32)/t26-/m1/s1. The molecule has 190 valence electrons. The molecule has 3 amide bonds. The van der Waals surface area contributed by atoms with Gasteiger partial charge in [0.05, 0.1) is 19.5 Å². The van der Waals surface area contributed by atoms with Gasteiger partial charge in [0, 0.05) is 19.6 Å². The smallest absolute Gasteiger partial charge is 0.273 e. The first-order valence-corrected chi connectivity index (χ1v) is 12.4. The molecular weight excluding hydrogens is 446 g/mol. The van der Waals surface area contributed by atoms with Crippen LogP contribution < -0.4 is 15.4 Å². The highest BCUT2D eigenvalue weighted by Crippen LogP contribution is 2.29. The molecule has 1 atom stereocenters. The highest BCUT2D eigenvalue weighted by Gasteiger charge is 2.48. The molecule has 35 heavy (non-hydrogen) atoms. The van der Waals surface area contributed by atoms with E-state index in [-0.39, 0.29) is 29.7 Å². The van der Waals surface area contributed by atoms with Crippen molar-refractivity contribution in [1.29, 1.82) is 0 Å². The molecule has 0 bridgehead atoms. The van der Waals surface area contributed by atoms with Crippen LogP contribution in [0.25, 0.3) is 0 Å². The zero-order valence-corrected chi connectivity index (χ0v) is 21.4. The molecular formula is C26H37N5O4. The summed E-state index contributed by atoms with van der Waals surface area (Å²) in [5.41, 5.74) is 0.132. The Hall–Kier alpha value is -3.36. The fraction of sp³-hybridized carbons (Fsp3) is 0.538. The summed E-state index contributed by atoms with van der Waals surface area (Å²) in [6, 6.07) is 7.46. The minimum absolute atomic E-state index is 0.0734. The zero-order chi connectivity index (χ0) is 25.6. The van der Waals surface area contributed by atoms with Gasteiger partial charge in [0.2, 0.25) is 5.91 Å². The Labute approximate surface area is 207 Å². The second kappa shape index (κ2) is 11.4. The number of ether oxygens (including phenoxy) is 1. The number of amides is 3. The van der Waals surface area contributed by atoms with E-state index in [1.54, 1.807) is 16.4 Å². The lowest BCUT2D eigenvalue weighted by Crippen LogP contribution is -2.64. The van der Waals surface area contributed by atoms with Crippen molar-refractivity contribution in [3.05, 3.63) is 47.5 Å². The molecule has 1 aliphatic heterocycles. The van der Waals surface area contributed by atoms with Gasteiger partial charge >= 0.3 is 0 Å². The molecule has 0 unspecified atom stereocenters. The summed E-state index contributed by atoms with van der Waals surface area (Å²) < 4.78 is 7.07. The Kier molecular flexibility index (Phi) is 8.53. The highest BCUT2D eigenvalue weighted by molar-refractivity contribution is 6.07. The van der Waals surface area contributed by atoms with Crippen LogP contribution in [-0.4, -0.2) is 57.4 Å². The van der Waals surface area contributed by atoms with Crippen molar-refractivity contribution in [2.24, 2.45) is 5.92 Å². The molecule has 2 N–H and O–H groups in total. The van der Waals surface area contributed by atoms with E-state index in [0.29, 0.717) is 38.6 Å². The number of rotatable bonds is 11. The topological polar surface area (TPSA) is 106 Å². The Morgan fingerprint density at radius 1 is 1.17 bits per heavy atom. The summed E-state index contributed by atoms with van der Waals surface area (Å²) in [7, 11) is 0. The molecule has 2 heterocycles. The lowest BCUT2D eigenvalue weighted by atomic mass is 9.93. The van der Waals surface area contributed by atoms with Gasteiger partial charge in [-0.25, -0.2) is 4.98 Å². The molecule has 1 aromatic carbocycles. The predicted octanol–water partition coefficient (Wildman–Crippen LogP) is 3.00. The predicted molar refractivity (Wildman–Crippen MR) is 133 cm³/mol. The van der Waals surface area contributed by atoms with Crippen molar-refractivity contribution in [2.45, 2.75) is 66.1 Å². The minimum atomic E-state index is -1.06. The number of imidazole rings is 1. The van der Waals surface area contributed by atoms with E-state index in [4.69, 9.17) is 4.74 Å². The maximum Gasteiger partial charge on any atom is 0.273 e. The summed E-state index contributed by atoms with van der Waals surface area (Å²) in [5.74, 6) is 0.252. The summed E-state index contributed by atoms with van der Waals surface area (Å²) in [5, 5.41) is 5.84. The number of aromatic nitrogens is 2. The van der Waals surface area contributed by atoms with Gasteiger partial charge in [-0.2, -0.15) is 0 Å². The molecule has 0 radical (unpaired) electrons. The molecule has 0 fully saturated rings. The van der Waals surface area contributed by atoms with Gasteiger partial charge in [-0.15, -0.1) is 0 Å². The van der Waals surface area contributed by atoms with Gasteiger partial charge in [-0.3, -0.25) is 14.4 Å². The van der Waals surface area contributed by atoms with Crippen molar-refractivity contribution in [1.82, 2.24) is 25.1 Å². The van der Waals surface area contributed by atoms with Gasteiger partial charge < -0.3 is 24.8 Å². The van der Waals surface area contributed by atoms with Crippen LogP contribution in [0.5, 0.6) is 5.75 Å². The maximum absolute atomic E-state index is 13.6. The van der Waals surface area contributed by atoms with Crippen molar-refractivity contribution in [3.63, 3.8) is 0 Å². The van der Waals surface area contributed by atoms with Gasteiger partial charge in [0.1, 0.15) is 17.0 Å². The van der Waals surface area contributed by atoms with E-state index < -0.39 is 11.4 Å². The minimum Gasteiger partial charge on any atom is -0.494 e. The van der Waals surface area contributed by atoms with E-state index in [9.17, 15) is 14.4 Å². The number of nitrogens with zero attached hydrogens (tertiary/aromatic N) is 3. The first-order chi connectivity index (χ1) is 16.7. The van der Waals surface area contributed by atoms with Crippen LogP contribution in [0.4, 0.5) is 0 Å². The summed E-state index contributed by atoms with van der Waals surface area (Å²) in [6.07, 6.45) is 3.02. The number of nitrogens with one attached hydrogen (secondary N) is 2. The number of fused-ring (bicyclic) bond motifs is 1. The second-order valence-corrected chi connectivity index (χ2v) is 9.50. The Balaban J connectivity index is 1.77. The summed E-state index contributed by atoms with van der Waals surface area (Å²) in [6.45, 7) is 11.9. The Morgan fingerprint density at radius 2 is 1.89 bits per heavy atom. The van der Waals surface area contributed by atoms with Crippen LogP contribution in [0.3, 0.4) is 0 Å². The van der Waals surface area contributed by atoms with Crippen LogP contribution in [0, 0.1) is 5.92 Å². The third-order valence-corrected chi connectivity index (χ3v) is 6.21. The lowest BCUT2D eigenvalue weighted by Gasteiger charge is -2.43. The fourth-order valence-corrected chi connectivity index (χ4v) is 4.23. The fourth-order valence-electron chi connectivity index (χ4n) is 4.23. The molecule has 0 aliphatic carbocycles. The first-order valence-electron chi connectivity index (χ1n) is 12.4. The molecule has 3 rings (SSSR count). The van der Waals surface area contributed by atoms with Crippen molar-refractivity contribution < 1.29 is 19.1 Å². The monoisotopic (exact) mass is 483 g/mol. The van der Waals surface area contributed by atoms with Gasteiger partial charge in [0.25, 0.3) is 11.8 Å². The molecule has 9 heteroatoms. The molecule has 2 aromatic rings. The van der Waals surface area contributed by atoms with Crippen molar-refractivity contribution in [3.8, 4) is 5.75 Å². The number of hydrogen-bond acceptors (Lipinski definition) is 5. The van der Waals surface area contributed by atoms with Gasteiger partial charge in [-0.1, -0.05) is 32.9 Å². The number of benzene rings is 1. The highest BCUT2D eigenvalue weighted by atomic mass is 16.5. The molecule has 1 aromatic heterocycles. The maximum atomic E-state index is 13.6. The quantitative estimate of drug-likeness (QED) is 0.511. The van der Waals surface area contributed by atoms with Crippen LogP contribution in [0.2, 0.25) is 0 Å². The van der Waals surface area contributed by atoms with Crippen LogP contribution >= 0.6 is 0 Å². The van der Waals surface area contributed by atoms with Crippen molar-refractivity contribution >= 4 is 17.7 Å². The molecule has 0 saturated carbocycles. The van der Waals surface area contributed by atoms with Crippen molar-refractivity contribution in [2.75, 3.05) is 19.7 Å². The third-order valence-electron chi connectivity index (χ3n) is 6.21. The summed E-state index contributed by atoms with van der Waals surface area (Å²) in [4.78, 5) is 45.5. The average Bonchev–Trinajstić information content (AvgIpc) is 3.24. The molecule has 1 aliphatic rings. The number of carbonyl (C=O) groups is 3. The lowest BCUT2D eigenvalue weighted by molar-refractivity contribution is -0.132. The normalized spacial score (nSPS) is 17.3. The van der Waals surface area contributed by atoms with Crippen LogP contribution in [0.15, 0.2) is 30.6 Å². The van der Waals surface area contributed by atoms with E-state index in [0.717, 1.165) is 17.7 Å². The van der Waals surface area contributed by atoms with E-state index in [1.807, 2.05) is 38.1 Å². The van der Waals surface area contributed by atoms with Gasteiger partial charge in [-0.05, 0) is 50.3 Å². The second-order valence-electron chi connectivity index (χ2n) is 9.50. The van der Waals surface area contributed by atoms with Crippen LogP contribution in [-0.2, 0) is 17.9 Å². The number of hydrogen-bond donors (Lipinski definition) is 2. The zero-order valence-electron chi connectivity index (χ0n) is 21.4. The number of carbonyl (C=O) groups excluding carboxylic acids is 3. The Morgan fingerprint density at radius 3 is 2.51 bits per heavy atom. The van der Waals surface area contributed by atoms with E-state index in [2.05, 4.69) is 29.5 Å². The largest absolute Gasteiger partial charge is 0.494 e. The van der Waals surface area contributed by atoms with Gasteiger partial charge in [0.15, 0.2) is 5.69 Å². The molecule has 9 nitrogen and oxygen atoms in total. The van der Waals surface area contributed by atoms with E-state index >= 15 is 0 Å². The summed E-state index contributed by atoms with van der Waals surface area (Å²) >= 11 is 0. The SMILES string of the molecule is CCCN1C(=O)c2c(C(=O)NCc3ccc(OCC)cc3)ncn2C[C@]1(C)C(=O)NCCC(C)C. The first kappa shape index (κ1) is 26.2. The molecule has 0 saturated heterocycles. The average molecular weight is 484 g/mol. The molecule has 0 spiro atoms. The van der Waals surface area contributed by atoms with E-state index in [1.165, 1.54) is 6.33 Å². The Bertz CT molecular complexity index is 1050. The third kappa shape index (κ3) is 5.83.